The van der Waals surface area contributed by atoms with Gasteiger partial charge in [0.25, 0.3) is 0 Å². The van der Waals surface area contributed by atoms with Crippen LogP contribution in [-0.4, -0.2) is 5.11 Å². The van der Waals surface area contributed by atoms with E-state index < -0.39 is 6.10 Å². The fraction of sp³-hybridized carbons (Fsp3) is 0.143. The molecule has 0 aliphatic heterocycles. The molecule has 5 heteroatoms. The van der Waals surface area contributed by atoms with E-state index in [4.69, 9.17) is 0 Å². The van der Waals surface area contributed by atoms with Crippen molar-refractivity contribution in [3.8, 4) is 0 Å². The quantitative estimate of drug-likeness (QED) is 0.799. The molecule has 0 saturated carbocycles. The standard InChI is InChI=1S/C14H10Br2F2O/c15-11-7-9(17)4-5-10(11)13(19)6-8-2-1-3-12(18)14(8)16/h1-5,7,13,19H,6H2. The Labute approximate surface area is 126 Å². The lowest BCUT2D eigenvalue weighted by Crippen LogP contribution is -2.04. The van der Waals surface area contributed by atoms with Gasteiger partial charge in [-0.2, -0.15) is 0 Å². The van der Waals surface area contributed by atoms with E-state index in [0.717, 1.165) is 0 Å². The summed E-state index contributed by atoms with van der Waals surface area (Å²) >= 11 is 6.36. The van der Waals surface area contributed by atoms with Crippen molar-refractivity contribution in [3.05, 3.63) is 68.1 Å². The van der Waals surface area contributed by atoms with Crippen LogP contribution in [0.5, 0.6) is 0 Å². The third-order valence-corrected chi connectivity index (χ3v) is 4.34. The van der Waals surface area contributed by atoms with Gasteiger partial charge in [-0.05, 0) is 45.3 Å². The van der Waals surface area contributed by atoms with Crippen molar-refractivity contribution in [1.82, 2.24) is 0 Å². The third-order valence-electron chi connectivity index (χ3n) is 2.77. The summed E-state index contributed by atoms with van der Waals surface area (Å²) in [5.74, 6) is -0.752. The predicted octanol–water partition coefficient (Wildman–Crippen LogP) is 4.77. The monoisotopic (exact) mass is 390 g/mol. The third kappa shape index (κ3) is 3.41. The maximum absolute atomic E-state index is 13.4. The molecular weight excluding hydrogens is 382 g/mol. The second kappa shape index (κ2) is 6.11. The van der Waals surface area contributed by atoms with Gasteiger partial charge in [0.2, 0.25) is 0 Å². The van der Waals surface area contributed by atoms with E-state index in [9.17, 15) is 13.9 Å². The average molecular weight is 392 g/mol. The first kappa shape index (κ1) is 14.6. The lowest BCUT2D eigenvalue weighted by Gasteiger charge is -2.14. The van der Waals surface area contributed by atoms with E-state index >= 15 is 0 Å². The number of aliphatic hydroxyl groups is 1. The summed E-state index contributed by atoms with van der Waals surface area (Å²) in [6.45, 7) is 0. The van der Waals surface area contributed by atoms with Crippen LogP contribution in [0.1, 0.15) is 17.2 Å². The molecule has 19 heavy (non-hydrogen) atoms. The van der Waals surface area contributed by atoms with E-state index in [1.54, 1.807) is 12.1 Å². The fourth-order valence-corrected chi connectivity index (χ4v) is 2.84. The summed E-state index contributed by atoms with van der Waals surface area (Å²) in [5, 5.41) is 10.2. The first-order chi connectivity index (χ1) is 8.99. The van der Waals surface area contributed by atoms with Gasteiger partial charge in [0, 0.05) is 10.9 Å². The Balaban J connectivity index is 2.25. The number of benzene rings is 2. The highest BCUT2D eigenvalue weighted by atomic mass is 79.9. The van der Waals surface area contributed by atoms with Gasteiger partial charge >= 0.3 is 0 Å². The van der Waals surface area contributed by atoms with Gasteiger partial charge in [0.1, 0.15) is 11.6 Å². The maximum atomic E-state index is 13.4. The van der Waals surface area contributed by atoms with Crippen LogP contribution < -0.4 is 0 Å². The predicted molar refractivity (Wildman–Crippen MR) is 76.9 cm³/mol. The molecule has 0 bridgehead atoms. The Morgan fingerprint density at radius 1 is 1.11 bits per heavy atom. The Morgan fingerprint density at radius 3 is 2.53 bits per heavy atom. The van der Waals surface area contributed by atoms with Crippen LogP contribution in [0.25, 0.3) is 0 Å². The summed E-state index contributed by atoms with van der Waals surface area (Å²) in [6, 6.07) is 8.74. The Hall–Kier alpha value is -0.780. The molecule has 100 valence electrons. The van der Waals surface area contributed by atoms with E-state index in [1.165, 1.54) is 24.3 Å². The number of aliphatic hydroxyl groups excluding tert-OH is 1. The molecule has 0 aromatic heterocycles. The van der Waals surface area contributed by atoms with Gasteiger partial charge < -0.3 is 5.11 Å². The first-order valence-electron chi connectivity index (χ1n) is 5.55. The average Bonchev–Trinajstić information content (AvgIpc) is 2.34. The molecule has 0 heterocycles. The van der Waals surface area contributed by atoms with Crippen LogP contribution in [-0.2, 0) is 6.42 Å². The van der Waals surface area contributed by atoms with Crippen LogP contribution in [0, 0.1) is 11.6 Å². The Morgan fingerprint density at radius 2 is 1.84 bits per heavy atom. The van der Waals surface area contributed by atoms with Crippen molar-refractivity contribution in [2.45, 2.75) is 12.5 Å². The molecule has 2 aromatic rings. The molecule has 1 atom stereocenters. The second-order valence-corrected chi connectivity index (χ2v) is 5.75. The zero-order chi connectivity index (χ0) is 14.0. The maximum Gasteiger partial charge on any atom is 0.137 e. The second-order valence-electron chi connectivity index (χ2n) is 4.10. The van der Waals surface area contributed by atoms with Crippen LogP contribution >= 0.6 is 31.9 Å². The zero-order valence-corrected chi connectivity index (χ0v) is 12.9. The summed E-state index contributed by atoms with van der Waals surface area (Å²) in [5.41, 5.74) is 1.22. The largest absolute Gasteiger partial charge is 0.388 e. The van der Waals surface area contributed by atoms with Gasteiger partial charge in [-0.15, -0.1) is 0 Å². The summed E-state index contributed by atoms with van der Waals surface area (Å²) < 4.78 is 27.2. The SMILES string of the molecule is OC(Cc1cccc(F)c1Br)c1ccc(F)cc1Br. The van der Waals surface area contributed by atoms with Gasteiger partial charge in [-0.25, -0.2) is 8.78 Å². The molecule has 0 saturated heterocycles. The van der Waals surface area contributed by atoms with E-state index in [-0.39, 0.29) is 18.1 Å². The molecule has 0 radical (unpaired) electrons. The fourth-order valence-electron chi connectivity index (χ4n) is 1.80. The smallest absolute Gasteiger partial charge is 0.137 e. The molecule has 0 aliphatic rings. The van der Waals surface area contributed by atoms with E-state index in [1.807, 2.05) is 0 Å². The van der Waals surface area contributed by atoms with Gasteiger partial charge in [-0.3, -0.25) is 0 Å². The molecule has 0 spiro atoms. The lowest BCUT2D eigenvalue weighted by molar-refractivity contribution is 0.177. The number of rotatable bonds is 3. The number of halogens is 4. The molecule has 2 rings (SSSR count). The van der Waals surface area contributed by atoms with Crippen LogP contribution in [0.3, 0.4) is 0 Å². The van der Waals surface area contributed by atoms with Crippen molar-refractivity contribution < 1.29 is 13.9 Å². The summed E-state index contributed by atoms with van der Waals surface area (Å²) in [4.78, 5) is 0. The van der Waals surface area contributed by atoms with Gasteiger partial charge in [0.15, 0.2) is 0 Å². The molecule has 1 N–H and O–H groups in total. The van der Waals surface area contributed by atoms with Crippen molar-refractivity contribution in [1.29, 1.82) is 0 Å². The van der Waals surface area contributed by atoms with Crippen molar-refractivity contribution in [3.63, 3.8) is 0 Å². The molecule has 1 nitrogen and oxygen atoms in total. The van der Waals surface area contributed by atoms with Gasteiger partial charge in [0.05, 0.1) is 10.6 Å². The molecule has 1 unspecified atom stereocenters. The Kier molecular flexibility index (Phi) is 4.71. The molecule has 2 aromatic carbocycles. The van der Waals surface area contributed by atoms with Crippen LogP contribution in [0.2, 0.25) is 0 Å². The zero-order valence-electron chi connectivity index (χ0n) is 9.71. The Bertz CT molecular complexity index is 602. The highest BCUT2D eigenvalue weighted by molar-refractivity contribution is 9.10. The highest BCUT2D eigenvalue weighted by Crippen LogP contribution is 2.29. The topological polar surface area (TPSA) is 20.2 Å². The van der Waals surface area contributed by atoms with Crippen molar-refractivity contribution in [2.24, 2.45) is 0 Å². The highest BCUT2D eigenvalue weighted by Gasteiger charge is 2.15. The minimum atomic E-state index is -0.840. The molecule has 0 amide bonds. The molecule has 0 fully saturated rings. The van der Waals surface area contributed by atoms with Crippen LogP contribution in [0.4, 0.5) is 8.78 Å². The first-order valence-corrected chi connectivity index (χ1v) is 7.13. The minimum Gasteiger partial charge on any atom is -0.388 e. The molecular formula is C14H10Br2F2O. The minimum absolute atomic E-state index is 0.239. The molecule has 0 aliphatic carbocycles. The van der Waals surface area contributed by atoms with Crippen LogP contribution in [0.15, 0.2) is 45.3 Å². The summed E-state index contributed by atoms with van der Waals surface area (Å²) in [7, 11) is 0. The number of hydrogen-bond acceptors (Lipinski definition) is 1. The van der Waals surface area contributed by atoms with E-state index in [2.05, 4.69) is 31.9 Å². The normalized spacial score (nSPS) is 12.5. The van der Waals surface area contributed by atoms with Crippen molar-refractivity contribution >= 4 is 31.9 Å². The summed E-state index contributed by atoms with van der Waals surface area (Å²) in [6.07, 6.45) is -0.601. The van der Waals surface area contributed by atoms with Gasteiger partial charge in [-0.1, -0.05) is 34.1 Å². The lowest BCUT2D eigenvalue weighted by atomic mass is 10.0. The van der Waals surface area contributed by atoms with Crippen molar-refractivity contribution in [2.75, 3.05) is 0 Å². The van der Waals surface area contributed by atoms with E-state index in [0.29, 0.717) is 20.1 Å². The number of hydrogen-bond donors (Lipinski definition) is 1.